The Hall–Kier alpha value is -5.56. The fraction of sp³-hybridized carbons (Fsp3) is 0.133. The Morgan fingerprint density at radius 1 is 0.975 bits per heavy atom. The van der Waals surface area contributed by atoms with E-state index in [2.05, 4.69) is 31.8 Å². The van der Waals surface area contributed by atoms with Crippen molar-refractivity contribution in [3.63, 3.8) is 0 Å². The number of carbonyl (C=O) groups excluding carboxylic acids is 2. The number of hydrogen-bond acceptors (Lipinski definition) is 7. The van der Waals surface area contributed by atoms with Crippen molar-refractivity contribution >= 4 is 29.1 Å². The second-order valence-corrected chi connectivity index (χ2v) is 9.65. The van der Waals surface area contributed by atoms with E-state index in [-0.39, 0.29) is 17.8 Å². The summed E-state index contributed by atoms with van der Waals surface area (Å²) in [5.74, 6) is 0.516. The van der Waals surface area contributed by atoms with Crippen molar-refractivity contribution in [3.05, 3.63) is 108 Å². The SMILES string of the molecule is Cc1ccc(NC(=O)c2cccc(C(C)(C)C#N)c2)cc1Oc1ccc2nc(NC(=O)c3cccnc3)nn2c1. The molecule has 0 radical (unpaired) electrons. The van der Waals surface area contributed by atoms with Crippen LogP contribution in [0, 0.1) is 18.3 Å². The first-order valence-corrected chi connectivity index (χ1v) is 12.4. The van der Waals surface area contributed by atoms with Crippen LogP contribution in [0.3, 0.4) is 0 Å². The number of carbonyl (C=O) groups is 2. The molecule has 198 valence electrons. The first-order chi connectivity index (χ1) is 19.2. The Bertz CT molecular complexity index is 1770. The maximum absolute atomic E-state index is 13.0. The zero-order chi connectivity index (χ0) is 28.3. The second-order valence-electron chi connectivity index (χ2n) is 9.65. The monoisotopic (exact) mass is 531 g/mol. The van der Waals surface area contributed by atoms with Gasteiger partial charge >= 0.3 is 0 Å². The molecule has 0 aliphatic heterocycles. The minimum absolute atomic E-state index is 0.147. The minimum atomic E-state index is -0.710. The third kappa shape index (κ3) is 5.63. The lowest BCUT2D eigenvalue weighted by Crippen LogP contribution is -2.17. The first-order valence-electron chi connectivity index (χ1n) is 12.4. The number of benzene rings is 2. The number of fused-ring (bicyclic) bond motifs is 1. The summed E-state index contributed by atoms with van der Waals surface area (Å²) >= 11 is 0. The van der Waals surface area contributed by atoms with E-state index < -0.39 is 5.41 Å². The van der Waals surface area contributed by atoms with E-state index in [0.717, 1.165) is 11.1 Å². The molecule has 40 heavy (non-hydrogen) atoms. The molecule has 0 unspecified atom stereocenters. The number of pyridine rings is 2. The predicted molar refractivity (Wildman–Crippen MR) is 149 cm³/mol. The quantitative estimate of drug-likeness (QED) is 0.282. The second kappa shape index (κ2) is 10.7. The molecule has 3 aromatic heterocycles. The van der Waals surface area contributed by atoms with Gasteiger partial charge in [0.05, 0.1) is 23.2 Å². The summed E-state index contributed by atoms with van der Waals surface area (Å²) in [4.78, 5) is 33.6. The smallest absolute Gasteiger partial charge is 0.259 e. The van der Waals surface area contributed by atoms with Crippen molar-refractivity contribution in [1.82, 2.24) is 19.6 Å². The summed E-state index contributed by atoms with van der Waals surface area (Å²) in [7, 11) is 0. The van der Waals surface area contributed by atoms with Crippen molar-refractivity contribution < 1.29 is 14.3 Å². The molecular formula is C30H25N7O3. The Morgan fingerprint density at radius 2 is 1.77 bits per heavy atom. The van der Waals surface area contributed by atoms with Crippen molar-refractivity contribution in [2.45, 2.75) is 26.2 Å². The van der Waals surface area contributed by atoms with Gasteiger partial charge in [0.1, 0.15) is 11.5 Å². The molecule has 2 N–H and O–H groups in total. The van der Waals surface area contributed by atoms with E-state index in [1.165, 1.54) is 10.7 Å². The lowest BCUT2D eigenvalue weighted by atomic mass is 9.85. The molecule has 0 fully saturated rings. The van der Waals surface area contributed by atoms with Gasteiger partial charge in [0.15, 0.2) is 5.65 Å². The molecule has 5 rings (SSSR count). The summed E-state index contributed by atoms with van der Waals surface area (Å²) in [5.41, 5.74) is 2.83. The zero-order valence-electron chi connectivity index (χ0n) is 22.0. The number of ether oxygens (including phenoxy) is 1. The van der Waals surface area contributed by atoms with Crippen LogP contribution in [0.2, 0.25) is 0 Å². The summed E-state index contributed by atoms with van der Waals surface area (Å²) < 4.78 is 7.62. The number of nitriles is 1. The number of nitrogens with one attached hydrogen (secondary N) is 2. The predicted octanol–water partition coefficient (Wildman–Crippen LogP) is 5.53. The van der Waals surface area contributed by atoms with Gasteiger partial charge in [-0.05, 0) is 74.4 Å². The lowest BCUT2D eigenvalue weighted by molar-refractivity contribution is 0.101. The van der Waals surface area contributed by atoms with Crippen molar-refractivity contribution in [2.75, 3.05) is 10.6 Å². The third-order valence-corrected chi connectivity index (χ3v) is 6.25. The number of anilines is 2. The third-order valence-electron chi connectivity index (χ3n) is 6.25. The molecular weight excluding hydrogens is 506 g/mol. The van der Waals surface area contributed by atoms with Crippen LogP contribution in [0.4, 0.5) is 11.6 Å². The molecule has 0 atom stereocenters. The highest BCUT2D eigenvalue weighted by molar-refractivity contribution is 6.04. The van der Waals surface area contributed by atoms with Gasteiger partial charge in [-0.2, -0.15) is 10.2 Å². The lowest BCUT2D eigenvalue weighted by Gasteiger charge is -2.16. The maximum atomic E-state index is 13.0. The molecule has 0 aliphatic carbocycles. The molecule has 10 heteroatoms. The summed E-state index contributed by atoms with van der Waals surface area (Å²) in [5, 5.41) is 19.3. The number of rotatable bonds is 7. The van der Waals surface area contributed by atoms with Crippen LogP contribution in [0.1, 0.15) is 45.7 Å². The van der Waals surface area contributed by atoms with Crippen LogP contribution in [0.5, 0.6) is 11.5 Å². The molecule has 10 nitrogen and oxygen atoms in total. The first kappa shape index (κ1) is 26.1. The normalized spacial score (nSPS) is 11.1. The highest BCUT2D eigenvalue weighted by atomic mass is 16.5. The van der Waals surface area contributed by atoms with Gasteiger partial charge in [-0.25, -0.2) is 4.52 Å². The molecule has 3 heterocycles. The van der Waals surface area contributed by atoms with E-state index in [1.807, 2.05) is 32.9 Å². The van der Waals surface area contributed by atoms with Crippen LogP contribution in [0.25, 0.3) is 5.65 Å². The Balaban J connectivity index is 1.31. The van der Waals surface area contributed by atoms with Gasteiger partial charge < -0.3 is 10.1 Å². The number of aryl methyl sites for hydroxylation is 1. The molecule has 2 amide bonds. The van der Waals surface area contributed by atoms with Crippen LogP contribution in [-0.2, 0) is 5.41 Å². The Kier molecular flexibility index (Phi) is 6.95. The van der Waals surface area contributed by atoms with Crippen LogP contribution < -0.4 is 15.4 Å². The van der Waals surface area contributed by atoms with Crippen molar-refractivity contribution in [1.29, 1.82) is 5.26 Å². The standard InChI is InChI=1S/C30H25N7O3/c1-19-9-10-23(33-27(38)20-6-4-8-22(14-20)30(2,3)18-31)15-25(19)40-24-11-12-26-34-29(36-37(26)17-24)35-28(39)21-7-5-13-32-16-21/h4-17H,1-3H3,(H,33,38)(H,35,36,39). The van der Waals surface area contributed by atoms with E-state index in [9.17, 15) is 14.9 Å². The number of amides is 2. The topological polar surface area (TPSA) is 134 Å². The largest absolute Gasteiger partial charge is 0.455 e. The molecule has 0 spiro atoms. The summed E-state index contributed by atoms with van der Waals surface area (Å²) in [6, 6.07) is 21.5. The van der Waals surface area contributed by atoms with E-state index in [0.29, 0.717) is 34.0 Å². The van der Waals surface area contributed by atoms with Gasteiger partial charge in [0, 0.05) is 29.7 Å². The van der Waals surface area contributed by atoms with Gasteiger partial charge in [-0.1, -0.05) is 18.2 Å². The van der Waals surface area contributed by atoms with E-state index in [1.54, 1.807) is 67.0 Å². The van der Waals surface area contributed by atoms with E-state index >= 15 is 0 Å². The summed E-state index contributed by atoms with van der Waals surface area (Å²) in [6.45, 7) is 5.52. The number of aromatic nitrogens is 4. The fourth-order valence-corrected chi connectivity index (χ4v) is 3.88. The van der Waals surface area contributed by atoms with Crippen LogP contribution >= 0.6 is 0 Å². The van der Waals surface area contributed by atoms with Gasteiger partial charge in [-0.15, -0.1) is 5.10 Å². The molecule has 5 aromatic rings. The average molecular weight is 532 g/mol. The zero-order valence-corrected chi connectivity index (χ0v) is 22.0. The summed E-state index contributed by atoms with van der Waals surface area (Å²) in [6.07, 6.45) is 4.70. The van der Waals surface area contributed by atoms with Crippen LogP contribution in [-0.4, -0.2) is 31.4 Å². The van der Waals surface area contributed by atoms with E-state index in [4.69, 9.17) is 4.74 Å². The highest BCUT2D eigenvalue weighted by Crippen LogP contribution is 2.29. The molecule has 0 aliphatic rings. The molecule has 0 saturated heterocycles. The Labute approximate surface area is 230 Å². The minimum Gasteiger partial charge on any atom is -0.455 e. The van der Waals surface area contributed by atoms with Gasteiger partial charge in [0.25, 0.3) is 11.8 Å². The van der Waals surface area contributed by atoms with Gasteiger partial charge in [-0.3, -0.25) is 19.9 Å². The number of nitrogens with zero attached hydrogens (tertiary/aromatic N) is 5. The van der Waals surface area contributed by atoms with Gasteiger partial charge in [0.2, 0.25) is 5.95 Å². The van der Waals surface area contributed by atoms with Crippen molar-refractivity contribution in [2.24, 2.45) is 0 Å². The molecule has 2 aromatic carbocycles. The number of hydrogen-bond donors (Lipinski definition) is 2. The maximum Gasteiger partial charge on any atom is 0.259 e. The fourth-order valence-electron chi connectivity index (χ4n) is 3.88. The molecule has 0 saturated carbocycles. The van der Waals surface area contributed by atoms with Crippen molar-refractivity contribution in [3.8, 4) is 17.6 Å². The molecule has 0 bridgehead atoms. The highest BCUT2D eigenvalue weighted by Gasteiger charge is 2.21. The van der Waals surface area contributed by atoms with Crippen LogP contribution in [0.15, 0.2) is 85.3 Å². The average Bonchev–Trinajstić information content (AvgIpc) is 3.36. The Morgan fingerprint density at radius 3 is 2.55 bits per heavy atom.